The molecule has 0 fully saturated rings. The van der Waals surface area contributed by atoms with Crippen LogP contribution >= 0.6 is 0 Å². The molecule has 0 unspecified atom stereocenters. The first-order chi connectivity index (χ1) is 20.5. The summed E-state index contributed by atoms with van der Waals surface area (Å²) in [5.41, 5.74) is 0. The van der Waals surface area contributed by atoms with Crippen molar-refractivity contribution in [3.63, 3.8) is 0 Å². The van der Waals surface area contributed by atoms with Crippen LogP contribution in [0.25, 0.3) is 0 Å². The van der Waals surface area contributed by atoms with Gasteiger partial charge in [-0.2, -0.15) is 0 Å². The fraction of sp³-hybridized carbons (Fsp3) is 0.676. The van der Waals surface area contributed by atoms with Crippen LogP contribution in [-0.4, -0.2) is 54.6 Å². The van der Waals surface area contributed by atoms with Crippen LogP contribution in [0, 0.1) is 0 Å². The predicted octanol–water partition coefficient (Wildman–Crippen LogP) is 8.70. The maximum atomic E-state index is 6.86. The van der Waals surface area contributed by atoms with Gasteiger partial charge in [-0.25, -0.2) is 0 Å². The minimum absolute atomic E-state index is 0.0221. The first-order valence-electron chi connectivity index (χ1n) is 17.0. The van der Waals surface area contributed by atoms with Crippen molar-refractivity contribution in [3.05, 3.63) is 60.7 Å². The van der Waals surface area contributed by atoms with Gasteiger partial charge in [0.15, 0.2) is 0 Å². The monoisotopic (exact) mass is 598 g/mol. The Kier molecular flexibility index (Phi) is 20.1. The smallest absolute Gasteiger partial charge is 0.261 e. The molecule has 0 bridgehead atoms. The highest BCUT2D eigenvalue weighted by Gasteiger charge is 2.49. The van der Waals surface area contributed by atoms with Gasteiger partial charge in [0.1, 0.15) is 0 Å². The first-order valence-corrected chi connectivity index (χ1v) is 18.9. The zero-order valence-electron chi connectivity index (χ0n) is 27.5. The minimum Gasteiger partial charge on any atom is -0.405 e. The van der Waals surface area contributed by atoms with E-state index in [4.69, 9.17) is 18.6 Å². The zero-order chi connectivity index (χ0) is 30.2. The van der Waals surface area contributed by atoms with E-state index in [1.165, 1.54) is 87.4 Å². The lowest BCUT2D eigenvalue weighted by atomic mass is 10.0. The molecule has 0 atom stereocenters. The summed E-state index contributed by atoms with van der Waals surface area (Å²) >= 11 is 0. The van der Waals surface area contributed by atoms with Crippen LogP contribution in [0.3, 0.4) is 0 Å². The van der Waals surface area contributed by atoms with Crippen molar-refractivity contribution in [1.29, 1.82) is 0 Å². The molecule has 238 valence electrons. The Balaban J connectivity index is 1.48. The molecule has 2 rings (SSSR count). The van der Waals surface area contributed by atoms with Crippen LogP contribution in [0.4, 0.5) is 0 Å². The molecular weight excluding hydrogens is 536 g/mol. The maximum absolute atomic E-state index is 6.86. The molecule has 0 aromatic heterocycles. The first kappa shape index (κ1) is 36.7. The Labute approximate surface area is 260 Å². The normalized spacial score (nSPS) is 12.2. The molecular formula is C37H62O4Si. The second kappa shape index (κ2) is 23.0. The second-order valence-corrected chi connectivity index (χ2v) is 16.9. The largest absolute Gasteiger partial charge is 0.405 e. The van der Waals surface area contributed by atoms with Gasteiger partial charge < -0.3 is 18.6 Å². The summed E-state index contributed by atoms with van der Waals surface area (Å²) < 4.78 is 24.2. The molecule has 4 nitrogen and oxygen atoms in total. The van der Waals surface area contributed by atoms with Crippen molar-refractivity contribution < 1.29 is 18.6 Å². The fourth-order valence-corrected chi connectivity index (χ4v) is 10.3. The summed E-state index contributed by atoms with van der Waals surface area (Å²) in [4.78, 5) is 0. The molecule has 0 aliphatic rings. The van der Waals surface area contributed by atoms with Crippen molar-refractivity contribution in [3.8, 4) is 0 Å². The zero-order valence-corrected chi connectivity index (χ0v) is 28.5. The number of hydrogen-bond acceptors (Lipinski definition) is 4. The van der Waals surface area contributed by atoms with E-state index in [0.29, 0.717) is 39.6 Å². The van der Waals surface area contributed by atoms with Crippen LogP contribution in [0.5, 0.6) is 0 Å². The highest BCUT2D eigenvalue weighted by molar-refractivity contribution is 6.99. The number of hydrogen-bond donors (Lipinski definition) is 0. The lowest BCUT2D eigenvalue weighted by molar-refractivity contribution is 0.00822. The minimum atomic E-state index is -2.49. The SMILES string of the molecule is CCCCCCCCCCCCCCCOCCOCCOCCO[Si](c1ccccc1)(c1ccccc1)C(C)(C)C. The van der Waals surface area contributed by atoms with E-state index < -0.39 is 8.32 Å². The molecule has 0 N–H and O–H groups in total. The van der Waals surface area contributed by atoms with Gasteiger partial charge in [-0.3, -0.25) is 0 Å². The molecule has 0 aliphatic carbocycles. The van der Waals surface area contributed by atoms with Crippen LogP contribution in [-0.2, 0) is 18.6 Å². The van der Waals surface area contributed by atoms with Gasteiger partial charge in [0.05, 0.1) is 39.6 Å². The van der Waals surface area contributed by atoms with Gasteiger partial charge in [0.2, 0.25) is 0 Å². The van der Waals surface area contributed by atoms with Crippen molar-refractivity contribution in [1.82, 2.24) is 0 Å². The summed E-state index contributed by atoms with van der Waals surface area (Å²) in [6.07, 6.45) is 17.9. The van der Waals surface area contributed by atoms with E-state index in [-0.39, 0.29) is 5.04 Å². The third-order valence-electron chi connectivity index (χ3n) is 8.10. The van der Waals surface area contributed by atoms with Gasteiger partial charge in [-0.15, -0.1) is 0 Å². The molecule has 2 aromatic carbocycles. The van der Waals surface area contributed by atoms with Crippen LogP contribution < -0.4 is 10.4 Å². The van der Waals surface area contributed by atoms with E-state index in [0.717, 1.165) is 13.0 Å². The topological polar surface area (TPSA) is 36.9 Å². The third kappa shape index (κ3) is 14.3. The summed E-state index contributed by atoms with van der Waals surface area (Å²) in [5.74, 6) is 0. The van der Waals surface area contributed by atoms with Crippen LogP contribution in [0.2, 0.25) is 5.04 Å². The average Bonchev–Trinajstić information content (AvgIpc) is 3.00. The molecule has 0 heterocycles. The summed E-state index contributed by atoms with van der Waals surface area (Å²) in [6.45, 7) is 13.6. The molecule has 0 spiro atoms. The highest BCUT2D eigenvalue weighted by atomic mass is 28.4. The van der Waals surface area contributed by atoms with Crippen molar-refractivity contribution in [2.45, 2.75) is 116 Å². The van der Waals surface area contributed by atoms with Gasteiger partial charge >= 0.3 is 0 Å². The van der Waals surface area contributed by atoms with Gasteiger partial charge in [0.25, 0.3) is 8.32 Å². The lowest BCUT2D eigenvalue weighted by Gasteiger charge is -2.43. The fourth-order valence-electron chi connectivity index (χ4n) is 5.78. The van der Waals surface area contributed by atoms with E-state index in [2.05, 4.69) is 88.4 Å². The van der Waals surface area contributed by atoms with Crippen LogP contribution in [0.1, 0.15) is 111 Å². The Bertz CT molecular complexity index is 829. The van der Waals surface area contributed by atoms with Crippen molar-refractivity contribution in [2.24, 2.45) is 0 Å². The molecule has 5 heteroatoms. The lowest BCUT2D eigenvalue weighted by Crippen LogP contribution is -2.66. The Morgan fingerprint density at radius 3 is 1.21 bits per heavy atom. The van der Waals surface area contributed by atoms with Gasteiger partial charge in [-0.1, -0.05) is 165 Å². The van der Waals surface area contributed by atoms with E-state index in [1.54, 1.807) is 0 Å². The number of unbranched alkanes of at least 4 members (excludes halogenated alkanes) is 12. The summed E-state index contributed by atoms with van der Waals surface area (Å²) in [7, 11) is -2.49. The predicted molar refractivity (Wildman–Crippen MR) is 182 cm³/mol. The Hall–Kier alpha value is -1.50. The number of rotatable bonds is 26. The van der Waals surface area contributed by atoms with Gasteiger partial charge in [0, 0.05) is 6.61 Å². The molecule has 0 amide bonds. The van der Waals surface area contributed by atoms with Crippen molar-refractivity contribution in [2.75, 3.05) is 46.2 Å². The molecule has 0 aliphatic heterocycles. The Morgan fingerprint density at radius 2 is 0.810 bits per heavy atom. The summed E-state index contributed by atoms with van der Waals surface area (Å²) in [5, 5.41) is 2.57. The number of benzene rings is 2. The second-order valence-electron chi connectivity index (χ2n) is 12.6. The third-order valence-corrected chi connectivity index (χ3v) is 13.1. The molecule has 0 saturated heterocycles. The van der Waals surface area contributed by atoms with E-state index in [1.807, 2.05) is 0 Å². The maximum Gasteiger partial charge on any atom is 0.261 e. The average molecular weight is 599 g/mol. The molecule has 42 heavy (non-hydrogen) atoms. The summed E-state index contributed by atoms with van der Waals surface area (Å²) in [6, 6.07) is 21.5. The van der Waals surface area contributed by atoms with E-state index >= 15 is 0 Å². The molecule has 0 saturated carbocycles. The quantitative estimate of drug-likeness (QED) is 0.0802. The van der Waals surface area contributed by atoms with Crippen molar-refractivity contribution >= 4 is 18.7 Å². The highest BCUT2D eigenvalue weighted by Crippen LogP contribution is 2.36. The molecule has 0 radical (unpaired) electrons. The Morgan fingerprint density at radius 1 is 0.452 bits per heavy atom. The molecule has 2 aromatic rings. The number of ether oxygens (including phenoxy) is 3. The van der Waals surface area contributed by atoms with Crippen LogP contribution in [0.15, 0.2) is 60.7 Å². The van der Waals surface area contributed by atoms with Gasteiger partial charge in [-0.05, 0) is 21.8 Å². The van der Waals surface area contributed by atoms with E-state index in [9.17, 15) is 0 Å². The standard InChI is InChI=1S/C37H62O4Si/c1-5-6-7-8-9-10-11-12-13-14-15-16-23-28-38-29-30-39-31-32-40-33-34-41-42(37(2,3)4,35-24-19-17-20-25-35)36-26-21-18-22-27-36/h17-22,24-27H,5-16,23,28-34H2,1-4H3.